The van der Waals surface area contributed by atoms with Gasteiger partial charge in [0.1, 0.15) is 5.82 Å². The van der Waals surface area contributed by atoms with Crippen molar-refractivity contribution in [1.82, 2.24) is 19.3 Å². The summed E-state index contributed by atoms with van der Waals surface area (Å²) in [4.78, 5) is 41.4. The van der Waals surface area contributed by atoms with Gasteiger partial charge in [0, 0.05) is 38.0 Å². The molecular weight excluding hydrogens is 424 g/mol. The number of amides is 1. The molecule has 33 heavy (non-hydrogen) atoms. The second-order valence-corrected chi connectivity index (χ2v) is 7.87. The van der Waals surface area contributed by atoms with E-state index in [1.165, 1.54) is 22.7 Å². The number of H-pyrrole nitrogens is 1. The number of nitrogens with zero attached hydrogens (tertiary/aromatic N) is 4. The molecule has 0 aliphatic rings. The molecule has 0 unspecified atom stereocenters. The Morgan fingerprint density at radius 1 is 1.27 bits per heavy atom. The number of aromatic amines is 1. The molecule has 10 nitrogen and oxygen atoms in total. The van der Waals surface area contributed by atoms with Crippen molar-refractivity contribution in [3.05, 3.63) is 75.2 Å². The fourth-order valence-electron chi connectivity index (χ4n) is 3.30. The number of para-hydroxylation sites is 1. The summed E-state index contributed by atoms with van der Waals surface area (Å²) in [6.45, 7) is 4.39. The van der Waals surface area contributed by atoms with E-state index >= 15 is 0 Å². The number of ether oxygens (including phenoxy) is 1. The average molecular weight is 453 g/mol. The summed E-state index contributed by atoms with van der Waals surface area (Å²) in [5, 5.41) is 4.30. The van der Waals surface area contributed by atoms with Gasteiger partial charge < -0.3 is 10.5 Å². The van der Waals surface area contributed by atoms with Crippen LogP contribution in [0.1, 0.15) is 19.4 Å². The zero-order valence-corrected chi connectivity index (χ0v) is 18.9. The Kier molecular flexibility index (Phi) is 7.62. The third-order valence-electron chi connectivity index (χ3n) is 4.86. The predicted molar refractivity (Wildman–Crippen MR) is 127 cm³/mol. The van der Waals surface area contributed by atoms with E-state index in [4.69, 9.17) is 10.5 Å². The molecule has 174 valence electrons. The molecule has 0 fully saturated rings. The van der Waals surface area contributed by atoms with Crippen molar-refractivity contribution < 1.29 is 9.53 Å². The molecule has 0 saturated heterocycles. The SMILES string of the molecule is COCCN(C(=O)/C=C/c1cnn(-c2ccccc2)c1)c1c(N)n(CC(C)C)c(=O)[nH]c1=O. The maximum absolute atomic E-state index is 13.1. The Balaban J connectivity index is 1.92. The van der Waals surface area contributed by atoms with Crippen LogP contribution in [0.5, 0.6) is 0 Å². The summed E-state index contributed by atoms with van der Waals surface area (Å²) < 4.78 is 8.06. The monoisotopic (exact) mass is 452 g/mol. The number of hydrogen-bond donors (Lipinski definition) is 2. The highest BCUT2D eigenvalue weighted by Crippen LogP contribution is 2.18. The van der Waals surface area contributed by atoms with E-state index in [9.17, 15) is 14.4 Å². The lowest BCUT2D eigenvalue weighted by atomic mass is 10.2. The third kappa shape index (κ3) is 5.66. The number of rotatable bonds is 9. The first-order valence-electron chi connectivity index (χ1n) is 10.5. The lowest BCUT2D eigenvalue weighted by Crippen LogP contribution is -2.42. The molecule has 2 heterocycles. The van der Waals surface area contributed by atoms with E-state index in [0.717, 1.165) is 5.69 Å². The number of anilines is 2. The van der Waals surface area contributed by atoms with Crippen LogP contribution in [-0.2, 0) is 16.1 Å². The van der Waals surface area contributed by atoms with Crippen LogP contribution in [-0.4, -0.2) is 45.5 Å². The minimum absolute atomic E-state index is 0.0628. The van der Waals surface area contributed by atoms with E-state index in [2.05, 4.69) is 10.1 Å². The van der Waals surface area contributed by atoms with E-state index in [0.29, 0.717) is 12.1 Å². The molecule has 0 radical (unpaired) electrons. The lowest BCUT2D eigenvalue weighted by Gasteiger charge is -2.23. The molecule has 2 aromatic heterocycles. The van der Waals surface area contributed by atoms with E-state index in [-0.39, 0.29) is 30.6 Å². The number of benzene rings is 1. The van der Waals surface area contributed by atoms with Gasteiger partial charge in [-0.1, -0.05) is 32.0 Å². The van der Waals surface area contributed by atoms with E-state index in [1.807, 2.05) is 44.2 Å². The number of hydrogen-bond acceptors (Lipinski definition) is 6. The molecule has 0 atom stereocenters. The molecule has 1 aromatic carbocycles. The molecule has 0 saturated carbocycles. The van der Waals surface area contributed by atoms with Crippen LogP contribution in [0.25, 0.3) is 11.8 Å². The van der Waals surface area contributed by atoms with Crippen molar-refractivity contribution in [2.24, 2.45) is 5.92 Å². The van der Waals surface area contributed by atoms with Gasteiger partial charge in [-0.15, -0.1) is 0 Å². The molecule has 1 amide bonds. The Hall–Kier alpha value is -3.92. The minimum atomic E-state index is -0.729. The Morgan fingerprint density at radius 2 is 2.00 bits per heavy atom. The first-order valence-corrected chi connectivity index (χ1v) is 10.5. The number of nitrogen functional groups attached to an aromatic ring is 1. The maximum atomic E-state index is 13.1. The van der Waals surface area contributed by atoms with Crippen LogP contribution in [0.4, 0.5) is 11.5 Å². The molecule has 0 spiro atoms. The lowest BCUT2D eigenvalue weighted by molar-refractivity contribution is -0.114. The first kappa shape index (κ1) is 23.7. The van der Waals surface area contributed by atoms with Gasteiger partial charge in [0.05, 0.1) is 18.5 Å². The minimum Gasteiger partial charge on any atom is -0.383 e. The molecule has 0 aliphatic heterocycles. The second kappa shape index (κ2) is 10.6. The van der Waals surface area contributed by atoms with Crippen LogP contribution in [0.3, 0.4) is 0 Å². The van der Waals surface area contributed by atoms with Gasteiger partial charge in [0.2, 0.25) is 0 Å². The number of carbonyl (C=O) groups excluding carboxylic acids is 1. The predicted octanol–water partition coefficient (Wildman–Crippen LogP) is 1.65. The van der Waals surface area contributed by atoms with Crippen LogP contribution < -0.4 is 21.9 Å². The van der Waals surface area contributed by atoms with Gasteiger partial charge >= 0.3 is 5.69 Å². The van der Waals surface area contributed by atoms with Gasteiger partial charge in [-0.3, -0.25) is 24.0 Å². The van der Waals surface area contributed by atoms with Crippen LogP contribution in [0.15, 0.2) is 58.4 Å². The van der Waals surface area contributed by atoms with Crippen LogP contribution >= 0.6 is 0 Å². The summed E-state index contributed by atoms with van der Waals surface area (Å²) >= 11 is 0. The van der Waals surface area contributed by atoms with E-state index < -0.39 is 17.2 Å². The fraction of sp³-hybridized carbons (Fsp3) is 0.304. The Bertz CT molecular complexity index is 1240. The molecule has 3 aromatic rings. The molecule has 0 aliphatic carbocycles. The van der Waals surface area contributed by atoms with Gasteiger partial charge in [0.25, 0.3) is 11.5 Å². The summed E-state index contributed by atoms with van der Waals surface area (Å²) in [5.74, 6) is -0.438. The number of carbonyl (C=O) groups is 1. The number of nitrogens with two attached hydrogens (primary N) is 1. The standard InChI is InChI=1S/C23H28N6O4/c1-16(2)14-28-21(24)20(22(31)26-23(28)32)27(11-12-33-3)19(30)10-9-17-13-25-29(15-17)18-7-5-4-6-8-18/h4-10,13,15-16H,11-12,14,24H2,1-3H3,(H,26,31,32)/b10-9+. The van der Waals surface area contributed by atoms with Crippen molar-refractivity contribution in [1.29, 1.82) is 0 Å². The fourth-order valence-corrected chi connectivity index (χ4v) is 3.30. The highest BCUT2D eigenvalue weighted by molar-refractivity contribution is 6.05. The van der Waals surface area contributed by atoms with Crippen molar-refractivity contribution >= 4 is 23.5 Å². The van der Waals surface area contributed by atoms with Crippen molar-refractivity contribution in [3.63, 3.8) is 0 Å². The maximum Gasteiger partial charge on any atom is 0.330 e. The zero-order chi connectivity index (χ0) is 24.0. The quantitative estimate of drug-likeness (QED) is 0.475. The smallest absolute Gasteiger partial charge is 0.330 e. The third-order valence-corrected chi connectivity index (χ3v) is 4.86. The van der Waals surface area contributed by atoms with Crippen LogP contribution in [0, 0.1) is 5.92 Å². The number of aromatic nitrogens is 4. The molecule has 10 heteroatoms. The molecular formula is C23H28N6O4. The Morgan fingerprint density at radius 3 is 2.67 bits per heavy atom. The van der Waals surface area contributed by atoms with Crippen molar-refractivity contribution in [2.45, 2.75) is 20.4 Å². The van der Waals surface area contributed by atoms with Crippen molar-refractivity contribution in [2.75, 3.05) is 30.9 Å². The van der Waals surface area contributed by atoms with Crippen LogP contribution in [0.2, 0.25) is 0 Å². The van der Waals surface area contributed by atoms with Gasteiger partial charge in [0.15, 0.2) is 5.69 Å². The average Bonchev–Trinajstić information content (AvgIpc) is 3.26. The van der Waals surface area contributed by atoms with E-state index in [1.54, 1.807) is 23.2 Å². The number of methoxy groups -OCH3 is 1. The van der Waals surface area contributed by atoms with Crippen molar-refractivity contribution in [3.8, 4) is 5.69 Å². The van der Waals surface area contributed by atoms with Gasteiger partial charge in [-0.05, 0) is 24.1 Å². The highest BCUT2D eigenvalue weighted by Gasteiger charge is 2.23. The summed E-state index contributed by atoms with van der Waals surface area (Å²) in [7, 11) is 1.49. The normalized spacial score (nSPS) is 11.4. The number of nitrogens with one attached hydrogen (secondary N) is 1. The molecule has 3 N–H and O–H groups in total. The van der Waals surface area contributed by atoms with Gasteiger partial charge in [-0.25, -0.2) is 9.48 Å². The summed E-state index contributed by atoms with van der Waals surface area (Å²) in [6.07, 6.45) is 6.34. The largest absolute Gasteiger partial charge is 0.383 e. The molecule has 3 rings (SSSR count). The summed E-state index contributed by atoms with van der Waals surface area (Å²) in [6, 6.07) is 9.56. The Labute approximate surface area is 190 Å². The first-order chi connectivity index (χ1) is 15.8. The van der Waals surface area contributed by atoms with Gasteiger partial charge in [-0.2, -0.15) is 5.10 Å². The topological polar surface area (TPSA) is 128 Å². The zero-order valence-electron chi connectivity index (χ0n) is 18.9. The second-order valence-electron chi connectivity index (χ2n) is 7.87. The summed E-state index contributed by atoms with van der Waals surface area (Å²) in [5.41, 5.74) is 6.35. The highest BCUT2D eigenvalue weighted by atomic mass is 16.5. The molecule has 0 bridgehead atoms.